The predicted octanol–water partition coefficient (Wildman–Crippen LogP) is 6.73. The highest BCUT2D eigenvalue weighted by Gasteiger charge is 2.45. The topological polar surface area (TPSA) is 94.9 Å². The first-order valence-corrected chi connectivity index (χ1v) is 17.1. The van der Waals surface area contributed by atoms with Gasteiger partial charge in [0.15, 0.2) is 10.8 Å². The third-order valence-corrected chi connectivity index (χ3v) is 10.9. The lowest BCUT2D eigenvalue weighted by Gasteiger charge is -2.36. The Morgan fingerprint density at radius 3 is 2.40 bits per heavy atom. The number of fused-ring (bicyclic) bond motifs is 2. The van der Waals surface area contributed by atoms with Gasteiger partial charge >= 0.3 is 12.1 Å². The first-order chi connectivity index (χ1) is 22.5. The van der Waals surface area contributed by atoms with E-state index in [4.69, 9.17) is 9.47 Å². The summed E-state index contributed by atoms with van der Waals surface area (Å²) in [6.45, 7) is 1.41. The summed E-state index contributed by atoms with van der Waals surface area (Å²) in [6.07, 6.45) is -1.71. The van der Waals surface area contributed by atoms with Crippen LogP contribution < -0.4 is 10.3 Å². The zero-order chi connectivity index (χ0) is 33.5. The average Bonchev–Trinajstić information content (AvgIpc) is 3.57. The molecule has 1 atom stereocenters. The summed E-state index contributed by atoms with van der Waals surface area (Å²) in [6, 6.07) is 16.1. The first kappa shape index (κ1) is 32.8. The Balaban J connectivity index is 1.77. The third-order valence-electron chi connectivity index (χ3n) is 8.95. The number of hydrogen-bond acceptors (Lipinski definition) is 6. The molecule has 0 amide bonds. The largest absolute Gasteiger partial charge is 0.484 e. The Morgan fingerprint density at radius 1 is 1.00 bits per heavy atom. The highest BCUT2D eigenvalue weighted by Crippen LogP contribution is 2.43. The number of rotatable bonds is 8. The number of carbonyl (C=O) groups is 1. The number of ether oxygens (including phenoxy) is 2. The zero-order valence-corrected chi connectivity index (χ0v) is 26.9. The van der Waals surface area contributed by atoms with Crippen molar-refractivity contribution in [1.29, 1.82) is 0 Å². The molecular weight excluding hydrogens is 633 g/mol. The van der Waals surface area contributed by atoms with E-state index in [-0.39, 0.29) is 48.1 Å². The second kappa shape index (κ2) is 12.8. The van der Waals surface area contributed by atoms with Gasteiger partial charge in [-0.25, -0.2) is 13.2 Å². The van der Waals surface area contributed by atoms with E-state index in [0.29, 0.717) is 19.3 Å². The molecule has 248 valence electrons. The Labute approximate surface area is 270 Å². The van der Waals surface area contributed by atoms with Gasteiger partial charge in [-0.1, -0.05) is 61.5 Å². The fourth-order valence-corrected chi connectivity index (χ4v) is 8.71. The molecule has 1 aliphatic carbocycles. The molecule has 4 aromatic rings. The van der Waals surface area contributed by atoms with Crippen molar-refractivity contribution in [2.45, 2.75) is 68.8 Å². The second-order valence-corrected chi connectivity index (χ2v) is 13.8. The molecule has 0 radical (unpaired) electrons. The Kier molecular flexibility index (Phi) is 8.92. The Bertz CT molecular complexity index is 2000. The number of carbonyl (C=O) groups excluding carboxylic acids is 1. The number of alkyl halides is 3. The van der Waals surface area contributed by atoms with E-state index in [0.717, 1.165) is 57.3 Å². The van der Waals surface area contributed by atoms with Gasteiger partial charge in [0.1, 0.15) is 6.04 Å². The highest BCUT2D eigenvalue weighted by atomic mass is 32.2. The number of methoxy groups -OCH3 is 1. The van der Waals surface area contributed by atoms with Crippen LogP contribution in [0, 0.1) is 0 Å². The molecule has 2 aliphatic rings. The molecule has 1 unspecified atom stereocenters. The lowest BCUT2D eigenvalue weighted by Crippen LogP contribution is -2.50. The van der Waals surface area contributed by atoms with E-state index < -0.39 is 44.4 Å². The molecule has 8 nitrogen and oxygen atoms in total. The van der Waals surface area contributed by atoms with Crippen LogP contribution in [0.15, 0.2) is 76.6 Å². The third kappa shape index (κ3) is 6.04. The number of sulfonamides is 1. The smallest absolute Gasteiger partial charge is 0.416 e. The summed E-state index contributed by atoms with van der Waals surface area (Å²) < 4.78 is 84.8. The van der Waals surface area contributed by atoms with Gasteiger partial charge in [-0.05, 0) is 66.1 Å². The van der Waals surface area contributed by atoms with Crippen LogP contribution in [0.1, 0.15) is 61.8 Å². The van der Waals surface area contributed by atoms with Gasteiger partial charge in [-0.15, -0.1) is 0 Å². The molecule has 0 spiro atoms. The predicted molar refractivity (Wildman–Crippen MR) is 171 cm³/mol. The minimum Gasteiger partial charge on any atom is -0.484 e. The first-order valence-electron chi connectivity index (χ1n) is 15.7. The molecular formula is C35H35F3N2O6S. The summed E-state index contributed by atoms with van der Waals surface area (Å²) in [5.74, 6) is -1.03. The van der Waals surface area contributed by atoms with Crippen molar-refractivity contribution >= 4 is 26.8 Å². The van der Waals surface area contributed by atoms with Gasteiger partial charge in [-0.3, -0.25) is 9.36 Å². The monoisotopic (exact) mass is 668 g/mol. The Hall–Kier alpha value is -4.16. The quantitative estimate of drug-likeness (QED) is 0.193. The van der Waals surface area contributed by atoms with Gasteiger partial charge in [-0.2, -0.15) is 17.5 Å². The van der Waals surface area contributed by atoms with Gasteiger partial charge in [0.25, 0.3) is 15.6 Å². The number of aromatic nitrogens is 1. The molecule has 1 aliphatic heterocycles. The zero-order valence-electron chi connectivity index (χ0n) is 26.0. The molecule has 2 heterocycles. The van der Waals surface area contributed by atoms with E-state index in [1.165, 1.54) is 12.1 Å². The van der Waals surface area contributed by atoms with Crippen molar-refractivity contribution in [1.82, 2.24) is 8.87 Å². The van der Waals surface area contributed by atoms with Crippen molar-refractivity contribution in [3.05, 3.63) is 93.8 Å². The standard InChI is InChI=1S/C35H35F3N2O6S/c1-3-18-39-21-29(34(42)45-2)40-32(41)31(46-26-15-5-6-16-26)28(20-23-12-8-11-22-10-4-7-17-27(22)23)30(33(40)47(39,43)44)24-13-9-14-25(19-24)35(36,37)38/h4,7-14,17,19,26,29H,3,5-6,15-16,18,20-21H2,1-2H3. The molecule has 0 bridgehead atoms. The molecule has 47 heavy (non-hydrogen) atoms. The summed E-state index contributed by atoms with van der Waals surface area (Å²) in [5, 5.41) is 1.18. The van der Waals surface area contributed by atoms with Crippen molar-refractivity contribution < 1.29 is 35.9 Å². The fourth-order valence-electron chi connectivity index (χ4n) is 6.75. The summed E-state index contributed by atoms with van der Waals surface area (Å²) >= 11 is 0. The van der Waals surface area contributed by atoms with Gasteiger partial charge in [0, 0.05) is 30.6 Å². The van der Waals surface area contributed by atoms with Crippen LogP contribution >= 0.6 is 0 Å². The van der Waals surface area contributed by atoms with Crippen LogP contribution in [0.3, 0.4) is 0 Å². The molecule has 1 saturated carbocycles. The minimum atomic E-state index is -4.73. The highest BCUT2D eigenvalue weighted by molar-refractivity contribution is 7.89. The molecule has 0 N–H and O–H groups in total. The van der Waals surface area contributed by atoms with Crippen LogP contribution in [0.2, 0.25) is 0 Å². The summed E-state index contributed by atoms with van der Waals surface area (Å²) in [5.41, 5.74) is -1.13. The SMILES string of the molecule is CCCN1CC(C(=O)OC)n2c(c(-c3cccc(C(F)(F)F)c3)c(Cc3cccc4ccccc34)c(OC3CCCC3)c2=O)S1(=O)=O. The maximum Gasteiger partial charge on any atom is 0.416 e. The minimum absolute atomic E-state index is 0.0189. The van der Waals surface area contributed by atoms with Crippen LogP contribution in [-0.2, 0) is 32.2 Å². The van der Waals surface area contributed by atoms with Crippen molar-refractivity contribution in [2.24, 2.45) is 0 Å². The van der Waals surface area contributed by atoms with Crippen molar-refractivity contribution in [3.63, 3.8) is 0 Å². The number of hydrogen-bond donors (Lipinski definition) is 0. The van der Waals surface area contributed by atoms with E-state index in [2.05, 4.69) is 0 Å². The van der Waals surface area contributed by atoms with Gasteiger partial charge in [0.2, 0.25) is 0 Å². The molecule has 6 rings (SSSR count). The van der Waals surface area contributed by atoms with Gasteiger partial charge < -0.3 is 9.47 Å². The van der Waals surface area contributed by atoms with E-state index >= 15 is 0 Å². The number of benzene rings is 3. The Morgan fingerprint density at radius 2 is 1.70 bits per heavy atom. The van der Waals surface area contributed by atoms with E-state index in [1.807, 2.05) is 42.5 Å². The molecule has 0 saturated heterocycles. The van der Waals surface area contributed by atoms with Gasteiger partial charge in [0.05, 0.1) is 18.8 Å². The van der Waals surface area contributed by atoms with Crippen molar-refractivity contribution in [3.8, 4) is 16.9 Å². The maximum absolute atomic E-state index is 14.6. The lowest BCUT2D eigenvalue weighted by molar-refractivity contribution is -0.145. The maximum atomic E-state index is 14.6. The fraction of sp³-hybridized carbons (Fsp3) is 0.371. The molecule has 12 heteroatoms. The number of nitrogens with zero attached hydrogens (tertiary/aromatic N) is 2. The molecule has 3 aromatic carbocycles. The number of halogens is 3. The normalized spacial score (nSPS) is 18.3. The molecule has 1 aromatic heterocycles. The van der Waals surface area contributed by atoms with E-state index in [1.54, 1.807) is 6.92 Å². The van der Waals surface area contributed by atoms with Crippen molar-refractivity contribution in [2.75, 3.05) is 20.2 Å². The van der Waals surface area contributed by atoms with Crippen LogP contribution in [0.25, 0.3) is 21.9 Å². The second-order valence-electron chi connectivity index (χ2n) is 12.0. The van der Waals surface area contributed by atoms with Crippen LogP contribution in [-0.4, -0.2) is 49.6 Å². The van der Waals surface area contributed by atoms with Crippen LogP contribution in [0.4, 0.5) is 13.2 Å². The number of pyridine rings is 1. The van der Waals surface area contributed by atoms with E-state index in [9.17, 15) is 31.2 Å². The number of esters is 1. The summed E-state index contributed by atoms with van der Waals surface area (Å²) in [4.78, 5) is 27.9. The molecule has 1 fully saturated rings. The lowest BCUT2D eigenvalue weighted by atomic mass is 9.92. The average molecular weight is 669 g/mol. The van der Waals surface area contributed by atoms with Crippen LogP contribution in [0.5, 0.6) is 5.75 Å². The summed E-state index contributed by atoms with van der Waals surface area (Å²) in [7, 11) is -3.38.